The second kappa shape index (κ2) is 7.79. The fraction of sp³-hybridized carbons (Fsp3) is 0.353. The number of benzene rings is 1. The molecule has 1 N–H and O–H groups in total. The van der Waals surface area contributed by atoms with Gasteiger partial charge in [-0.2, -0.15) is 0 Å². The van der Waals surface area contributed by atoms with Crippen molar-refractivity contribution < 1.29 is 9.21 Å². The van der Waals surface area contributed by atoms with E-state index in [9.17, 15) is 4.79 Å². The summed E-state index contributed by atoms with van der Waals surface area (Å²) in [5, 5.41) is 4.01. The van der Waals surface area contributed by atoms with Crippen LogP contribution in [0.25, 0.3) is 0 Å². The molecule has 0 radical (unpaired) electrons. The first kappa shape index (κ1) is 16.3. The average Bonchev–Trinajstić information content (AvgIpc) is 2.98. The fourth-order valence-electron chi connectivity index (χ4n) is 2.57. The Morgan fingerprint density at radius 1 is 1.30 bits per heavy atom. The van der Waals surface area contributed by atoms with Gasteiger partial charge in [-0.05, 0) is 36.2 Å². The molecule has 1 saturated heterocycles. The molecular weight excluding hydrogens is 332 g/mol. The molecule has 6 heteroatoms. The van der Waals surface area contributed by atoms with Crippen LogP contribution in [0.3, 0.4) is 0 Å². The largest absolute Gasteiger partial charge is 0.468 e. The van der Waals surface area contributed by atoms with Gasteiger partial charge in [0.1, 0.15) is 5.76 Å². The van der Waals surface area contributed by atoms with Gasteiger partial charge >= 0.3 is 6.03 Å². The van der Waals surface area contributed by atoms with Gasteiger partial charge in [0.05, 0.1) is 11.5 Å². The van der Waals surface area contributed by atoms with Crippen LogP contribution in [0.4, 0.5) is 4.79 Å². The summed E-state index contributed by atoms with van der Waals surface area (Å²) in [5.41, 5.74) is 1.04. The van der Waals surface area contributed by atoms with E-state index in [1.54, 1.807) is 6.26 Å². The minimum atomic E-state index is -0.0133. The first-order chi connectivity index (χ1) is 11.2. The highest BCUT2D eigenvalue weighted by molar-refractivity contribution is 7.99. The summed E-state index contributed by atoms with van der Waals surface area (Å²) in [7, 11) is 0. The maximum atomic E-state index is 12.3. The molecule has 4 nitrogen and oxygen atoms in total. The second-order valence-corrected chi connectivity index (χ2v) is 7.18. The van der Waals surface area contributed by atoms with E-state index in [0.29, 0.717) is 16.8 Å². The van der Waals surface area contributed by atoms with Crippen LogP contribution in [0, 0.1) is 0 Å². The third-order valence-corrected chi connectivity index (χ3v) is 5.39. The SMILES string of the molecule is O=C(NCc1ccc(Cl)cc1)N1CCSC(c2ccco2)CC1. The van der Waals surface area contributed by atoms with Gasteiger partial charge in [-0.25, -0.2) is 4.79 Å². The number of thioether (sulfide) groups is 1. The van der Waals surface area contributed by atoms with Crippen LogP contribution in [0.2, 0.25) is 5.02 Å². The summed E-state index contributed by atoms with van der Waals surface area (Å²) in [4.78, 5) is 14.2. The van der Waals surface area contributed by atoms with E-state index in [1.807, 2.05) is 53.1 Å². The smallest absolute Gasteiger partial charge is 0.317 e. The van der Waals surface area contributed by atoms with Crippen molar-refractivity contribution in [1.82, 2.24) is 10.2 Å². The molecule has 1 unspecified atom stereocenters. The van der Waals surface area contributed by atoms with E-state index in [-0.39, 0.29) is 6.03 Å². The zero-order chi connectivity index (χ0) is 16.1. The van der Waals surface area contributed by atoms with Crippen LogP contribution in [-0.4, -0.2) is 29.8 Å². The Bertz CT molecular complexity index is 631. The van der Waals surface area contributed by atoms with Crippen molar-refractivity contribution in [2.24, 2.45) is 0 Å². The highest BCUT2D eigenvalue weighted by Crippen LogP contribution is 2.34. The van der Waals surface area contributed by atoms with Crippen molar-refractivity contribution in [3.63, 3.8) is 0 Å². The molecule has 3 rings (SSSR count). The summed E-state index contributed by atoms with van der Waals surface area (Å²) in [6, 6.07) is 11.4. The van der Waals surface area contributed by atoms with Crippen LogP contribution >= 0.6 is 23.4 Å². The van der Waals surface area contributed by atoms with Gasteiger partial charge in [0.25, 0.3) is 0 Å². The van der Waals surface area contributed by atoms with Crippen molar-refractivity contribution in [2.75, 3.05) is 18.8 Å². The van der Waals surface area contributed by atoms with Gasteiger partial charge in [0.2, 0.25) is 0 Å². The third-order valence-electron chi connectivity index (χ3n) is 3.85. The number of nitrogens with zero attached hydrogens (tertiary/aromatic N) is 1. The zero-order valence-corrected chi connectivity index (χ0v) is 14.3. The molecule has 2 aromatic rings. The molecule has 122 valence electrons. The lowest BCUT2D eigenvalue weighted by molar-refractivity contribution is 0.200. The summed E-state index contributed by atoms with van der Waals surface area (Å²) < 4.78 is 5.49. The number of nitrogens with one attached hydrogen (secondary N) is 1. The number of rotatable bonds is 3. The maximum Gasteiger partial charge on any atom is 0.317 e. The minimum Gasteiger partial charge on any atom is -0.468 e. The first-order valence-electron chi connectivity index (χ1n) is 7.64. The van der Waals surface area contributed by atoms with E-state index >= 15 is 0 Å². The van der Waals surface area contributed by atoms with Crippen molar-refractivity contribution in [3.05, 3.63) is 59.0 Å². The molecular formula is C17H19ClN2O2S. The van der Waals surface area contributed by atoms with Gasteiger partial charge in [0, 0.05) is 30.4 Å². The van der Waals surface area contributed by atoms with Crippen LogP contribution < -0.4 is 5.32 Å². The quantitative estimate of drug-likeness (QED) is 0.896. The fourth-order valence-corrected chi connectivity index (χ4v) is 3.87. The minimum absolute atomic E-state index is 0.0133. The van der Waals surface area contributed by atoms with E-state index in [4.69, 9.17) is 16.0 Å². The van der Waals surface area contributed by atoms with Crippen LogP contribution in [-0.2, 0) is 6.54 Å². The van der Waals surface area contributed by atoms with E-state index in [0.717, 1.165) is 36.6 Å². The second-order valence-electron chi connectivity index (χ2n) is 5.44. The number of urea groups is 1. The summed E-state index contributed by atoms with van der Waals surface area (Å²) in [6.07, 6.45) is 2.62. The number of hydrogen-bond acceptors (Lipinski definition) is 3. The normalized spacial score (nSPS) is 18.5. The molecule has 0 bridgehead atoms. The van der Waals surface area contributed by atoms with Crippen molar-refractivity contribution >= 4 is 29.4 Å². The molecule has 1 atom stereocenters. The van der Waals surface area contributed by atoms with Gasteiger partial charge < -0.3 is 14.6 Å². The zero-order valence-electron chi connectivity index (χ0n) is 12.7. The molecule has 0 spiro atoms. The van der Waals surface area contributed by atoms with Gasteiger partial charge in [-0.1, -0.05) is 23.7 Å². The standard InChI is InChI=1S/C17H19ClN2O2S/c18-14-5-3-13(4-6-14)12-19-17(21)20-8-7-16(23-11-9-20)15-2-1-10-22-15/h1-6,10,16H,7-9,11-12H2,(H,19,21). The predicted octanol–water partition coefficient (Wildman–Crippen LogP) is 4.32. The molecule has 2 heterocycles. The Labute approximate surface area is 145 Å². The van der Waals surface area contributed by atoms with Crippen molar-refractivity contribution in [1.29, 1.82) is 0 Å². The molecule has 1 aliphatic rings. The molecule has 23 heavy (non-hydrogen) atoms. The number of hydrogen-bond donors (Lipinski definition) is 1. The van der Waals surface area contributed by atoms with Crippen LogP contribution in [0.5, 0.6) is 0 Å². The molecule has 1 fully saturated rings. The third kappa shape index (κ3) is 4.45. The highest BCUT2D eigenvalue weighted by Gasteiger charge is 2.23. The lowest BCUT2D eigenvalue weighted by atomic mass is 10.2. The molecule has 0 saturated carbocycles. The molecule has 0 aliphatic carbocycles. The van der Waals surface area contributed by atoms with Gasteiger partial charge in [-0.3, -0.25) is 0 Å². The number of amides is 2. The Morgan fingerprint density at radius 2 is 2.13 bits per heavy atom. The van der Waals surface area contributed by atoms with E-state index in [2.05, 4.69) is 5.32 Å². The van der Waals surface area contributed by atoms with Crippen LogP contribution in [0.1, 0.15) is 23.0 Å². The molecule has 1 aromatic carbocycles. The van der Waals surface area contributed by atoms with E-state index < -0.39 is 0 Å². The number of halogens is 1. The van der Waals surface area contributed by atoms with Gasteiger partial charge in [-0.15, -0.1) is 11.8 Å². The Balaban J connectivity index is 1.50. The highest BCUT2D eigenvalue weighted by atomic mass is 35.5. The van der Waals surface area contributed by atoms with E-state index in [1.165, 1.54) is 0 Å². The van der Waals surface area contributed by atoms with Gasteiger partial charge in [0.15, 0.2) is 0 Å². The lowest BCUT2D eigenvalue weighted by Gasteiger charge is -2.20. The summed E-state index contributed by atoms with van der Waals surface area (Å²) >= 11 is 7.71. The number of furan rings is 1. The maximum absolute atomic E-state index is 12.3. The Hall–Kier alpha value is -1.59. The molecule has 1 aliphatic heterocycles. The van der Waals surface area contributed by atoms with Crippen molar-refractivity contribution in [3.8, 4) is 0 Å². The Morgan fingerprint density at radius 3 is 2.87 bits per heavy atom. The monoisotopic (exact) mass is 350 g/mol. The van der Waals surface area contributed by atoms with Crippen molar-refractivity contribution in [2.45, 2.75) is 18.2 Å². The molecule has 1 aromatic heterocycles. The topological polar surface area (TPSA) is 45.5 Å². The number of carbonyl (C=O) groups excluding carboxylic acids is 1. The molecule has 2 amide bonds. The lowest BCUT2D eigenvalue weighted by Crippen LogP contribution is -2.40. The number of carbonyl (C=O) groups is 1. The summed E-state index contributed by atoms with van der Waals surface area (Å²) in [6.45, 7) is 2.01. The first-order valence-corrected chi connectivity index (χ1v) is 9.07. The predicted molar refractivity (Wildman–Crippen MR) is 93.8 cm³/mol. The summed E-state index contributed by atoms with van der Waals surface area (Å²) in [5.74, 6) is 1.91. The van der Waals surface area contributed by atoms with Crippen LogP contribution in [0.15, 0.2) is 47.1 Å². The Kier molecular flexibility index (Phi) is 5.51. The average molecular weight is 351 g/mol.